The maximum atomic E-state index is 5.71. The predicted molar refractivity (Wildman–Crippen MR) is 49.0 cm³/mol. The van der Waals surface area contributed by atoms with Gasteiger partial charge in [-0.3, -0.25) is 0 Å². The van der Waals surface area contributed by atoms with Crippen LogP contribution >= 0.6 is 0 Å². The van der Waals surface area contributed by atoms with E-state index in [1.807, 2.05) is 12.3 Å². The minimum atomic E-state index is 0.857. The highest BCUT2D eigenvalue weighted by Crippen LogP contribution is 1.94. The lowest BCUT2D eigenvalue weighted by molar-refractivity contribution is 0.520. The molecule has 0 aliphatic rings. The Balaban J connectivity index is 2.25. The van der Waals surface area contributed by atoms with Crippen molar-refractivity contribution >= 4 is 0 Å². The highest BCUT2D eigenvalue weighted by Gasteiger charge is 1.97. The molecular weight excluding hydrogens is 152 g/mol. The van der Waals surface area contributed by atoms with Crippen LogP contribution in [0.5, 0.6) is 0 Å². The molecule has 1 rings (SSSR count). The summed E-state index contributed by atoms with van der Waals surface area (Å²) in [6, 6.07) is 1.86. The number of rotatable bonds is 5. The molecule has 1 heterocycles. The third kappa shape index (κ3) is 2.54. The van der Waals surface area contributed by atoms with Gasteiger partial charge in [0, 0.05) is 0 Å². The van der Waals surface area contributed by atoms with Gasteiger partial charge < -0.3 is 0 Å². The Hall–Kier alpha value is -1.03. The zero-order valence-corrected chi connectivity index (χ0v) is 7.48. The lowest BCUT2D eigenvalue weighted by Gasteiger charge is -2.17. The second-order valence-electron chi connectivity index (χ2n) is 2.80. The van der Waals surface area contributed by atoms with E-state index in [1.165, 1.54) is 12.8 Å². The van der Waals surface area contributed by atoms with Gasteiger partial charge in [0.25, 0.3) is 0 Å². The minimum absolute atomic E-state index is 0.857. The van der Waals surface area contributed by atoms with E-state index in [-0.39, 0.29) is 0 Å². The van der Waals surface area contributed by atoms with Gasteiger partial charge in [-0.1, -0.05) is 19.8 Å². The van der Waals surface area contributed by atoms with E-state index in [4.69, 9.17) is 5.84 Å². The fourth-order valence-corrected chi connectivity index (χ4v) is 1.04. The summed E-state index contributed by atoms with van der Waals surface area (Å²) in [4.78, 5) is 1.65. The summed E-state index contributed by atoms with van der Waals surface area (Å²) in [5.41, 5.74) is 0. The van der Waals surface area contributed by atoms with Crippen molar-refractivity contribution < 1.29 is 0 Å². The van der Waals surface area contributed by atoms with Crippen LogP contribution in [0.4, 0.5) is 0 Å². The third-order valence-corrected chi connectivity index (χ3v) is 1.74. The van der Waals surface area contributed by atoms with Crippen LogP contribution in [0.25, 0.3) is 0 Å². The van der Waals surface area contributed by atoms with Crippen molar-refractivity contribution in [2.45, 2.75) is 26.2 Å². The number of nitrogens with two attached hydrogens (primary N) is 1. The van der Waals surface area contributed by atoms with Gasteiger partial charge >= 0.3 is 0 Å². The summed E-state index contributed by atoms with van der Waals surface area (Å²) in [6.07, 6.45) is 7.11. The van der Waals surface area contributed by atoms with Crippen molar-refractivity contribution in [2.75, 3.05) is 11.7 Å². The van der Waals surface area contributed by atoms with Crippen molar-refractivity contribution in [3.63, 3.8) is 0 Å². The summed E-state index contributed by atoms with van der Waals surface area (Å²) in [5.74, 6) is 5.71. The molecule has 0 aliphatic carbocycles. The molecule has 2 N–H and O–H groups in total. The lowest BCUT2D eigenvalue weighted by atomic mass is 10.2. The molecular formula is C8H16N4. The molecule has 0 bridgehead atoms. The normalized spacial score (nSPS) is 10.2. The van der Waals surface area contributed by atoms with Gasteiger partial charge in [-0.05, 0) is 12.5 Å². The maximum absolute atomic E-state index is 5.71. The molecule has 0 saturated heterocycles. The van der Waals surface area contributed by atoms with E-state index < -0.39 is 0 Å². The second kappa shape index (κ2) is 4.77. The van der Waals surface area contributed by atoms with Crippen LogP contribution in [0.2, 0.25) is 0 Å². The molecule has 68 valence electrons. The van der Waals surface area contributed by atoms with Crippen LogP contribution in [0, 0.1) is 0 Å². The van der Waals surface area contributed by atoms with Crippen molar-refractivity contribution in [2.24, 2.45) is 5.84 Å². The average molecular weight is 168 g/mol. The fraction of sp³-hybridized carbons (Fsp3) is 0.625. The molecule has 4 heteroatoms. The standard InChI is InChI=1S/C8H16N4/c1-2-3-4-7-11(9)12-8-5-6-10-12/h5-6,8H,2-4,7,9H2,1H3. The summed E-state index contributed by atoms with van der Waals surface area (Å²) in [5, 5.41) is 5.63. The van der Waals surface area contributed by atoms with Gasteiger partial charge in [-0.15, -0.1) is 0 Å². The first kappa shape index (κ1) is 9.06. The van der Waals surface area contributed by atoms with Crippen molar-refractivity contribution in [1.29, 1.82) is 0 Å². The summed E-state index contributed by atoms with van der Waals surface area (Å²) in [7, 11) is 0. The quantitative estimate of drug-likeness (QED) is 0.403. The molecule has 0 radical (unpaired) electrons. The number of hydrogen-bond donors (Lipinski definition) is 1. The summed E-state index contributed by atoms with van der Waals surface area (Å²) in [6.45, 7) is 3.03. The van der Waals surface area contributed by atoms with Crippen LogP contribution in [0.1, 0.15) is 26.2 Å². The number of nitrogens with zero attached hydrogens (tertiary/aromatic N) is 3. The molecule has 0 amide bonds. The Morgan fingerprint density at radius 3 is 2.92 bits per heavy atom. The molecule has 1 aromatic heterocycles. The van der Waals surface area contributed by atoms with Crippen molar-refractivity contribution in [3.8, 4) is 0 Å². The van der Waals surface area contributed by atoms with E-state index >= 15 is 0 Å². The first-order chi connectivity index (χ1) is 5.84. The average Bonchev–Trinajstić information content (AvgIpc) is 2.56. The highest BCUT2D eigenvalue weighted by atomic mass is 15.8. The minimum Gasteiger partial charge on any atom is -0.233 e. The summed E-state index contributed by atoms with van der Waals surface area (Å²) >= 11 is 0. The number of hydrogen-bond acceptors (Lipinski definition) is 3. The summed E-state index contributed by atoms with van der Waals surface area (Å²) < 4.78 is 0. The topological polar surface area (TPSA) is 47.1 Å². The lowest BCUT2D eigenvalue weighted by Crippen LogP contribution is -2.42. The second-order valence-corrected chi connectivity index (χ2v) is 2.80. The van der Waals surface area contributed by atoms with Crippen LogP contribution in [0.15, 0.2) is 18.5 Å². The van der Waals surface area contributed by atoms with Gasteiger partial charge in [0.05, 0.1) is 18.9 Å². The Bertz CT molecular complexity index is 195. The third-order valence-electron chi connectivity index (χ3n) is 1.74. The Morgan fingerprint density at radius 2 is 2.33 bits per heavy atom. The molecule has 0 unspecified atom stereocenters. The first-order valence-corrected chi connectivity index (χ1v) is 4.36. The van der Waals surface area contributed by atoms with E-state index in [9.17, 15) is 0 Å². The van der Waals surface area contributed by atoms with Gasteiger partial charge in [0.15, 0.2) is 0 Å². The van der Waals surface area contributed by atoms with Crippen LogP contribution in [-0.2, 0) is 0 Å². The molecule has 4 nitrogen and oxygen atoms in total. The Morgan fingerprint density at radius 1 is 1.50 bits per heavy atom. The van der Waals surface area contributed by atoms with E-state index in [2.05, 4.69) is 12.0 Å². The van der Waals surface area contributed by atoms with Crippen LogP contribution < -0.4 is 11.0 Å². The largest absolute Gasteiger partial charge is 0.233 e. The zero-order chi connectivity index (χ0) is 8.81. The molecule has 0 aromatic carbocycles. The van der Waals surface area contributed by atoms with Crippen molar-refractivity contribution in [1.82, 2.24) is 9.89 Å². The smallest absolute Gasteiger partial charge is 0.0530 e. The van der Waals surface area contributed by atoms with Gasteiger partial charge in [-0.25, -0.2) is 11.0 Å². The maximum Gasteiger partial charge on any atom is 0.0530 e. The fourth-order valence-electron chi connectivity index (χ4n) is 1.04. The first-order valence-electron chi connectivity index (χ1n) is 4.36. The Labute approximate surface area is 72.9 Å². The molecule has 0 aliphatic heterocycles. The number of aromatic nitrogens is 2. The Kier molecular flexibility index (Phi) is 3.60. The SMILES string of the molecule is CCCCCN(N)n1cccn1. The highest BCUT2D eigenvalue weighted by molar-refractivity contribution is 4.83. The molecule has 0 spiro atoms. The van der Waals surface area contributed by atoms with Crippen molar-refractivity contribution in [3.05, 3.63) is 18.5 Å². The van der Waals surface area contributed by atoms with E-state index in [0.29, 0.717) is 0 Å². The predicted octanol–water partition coefficient (Wildman–Crippen LogP) is 0.885. The van der Waals surface area contributed by atoms with Gasteiger partial charge in [0.2, 0.25) is 0 Å². The number of hydrazine groups is 1. The molecule has 0 atom stereocenters. The van der Waals surface area contributed by atoms with Crippen LogP contribution in [0.3, 0.4) is 0 Å². The molecule has 0 saturated carbocycles. The van der Waals surface area contributed by atoms with E-state index in [1.54, 1.807) is 16.1 Å². The van der Waals surface area contributed by atoms with Gasteiger partial charge in [0.1, 0.15) is 0 Å². The zero-order valence-electron chi connectivity index (χ0n) is 7.48. The molecule has 12 heavy (non-hydrogen) atoms. The molecule has 0 fully saturated rings. The number of unbranched alkanes of at least 4 members (excludes halogenated alkanes) is 2. The van der Waals surface area contributed by atoms with E-state index in [0.717, 1.165) is 13.0 Å². The van der Waals surface area contributed by atoms with Crippen LogP contribution in [-0.4, -0.2) is 16.4 Å². The monoisotopic (exact) mass is 168 g/mol. The van der Waals surface area contributed by atoms with Gasteiger partial charge in [-0.2, -0.15) is 9.89 Å². The molecule has 1 aromatic rings.